The van der Waals surface area contributed by atoms with Crippen molar-refractivity contribution in [2.75, 3.05) is 18.6 Å². The topological polar surface area (TPSA) is 93.2 Å². The molecule has 1 unspecified atom stereocenters. The second-order valence-electron chi connectivity index (χ2n) is 8.87. The highest BCUT2D eigenvalue weighted by molar-refractivity contribution is 6.23. The molecule has 8 heteroatoms. The summed E-state index contributed by atoms with van der Waals surface area (Å²) in [4.78, 5) is 54.4. The number of benzene rings is 2. The molecule has 2 aliphatic rings. The molecular weight excluding hydrogens is 448 g/mol. The Kier molecular flexibility index (Phi) is 7.80. The fourth-order valence-electron chi connectivity index (χ4n) is 4.87. The number of ether oxygens (including phenoxy) is 2. The van der Waals surface area contributed by atoms with E-state index in [1.807, 2.05) is 18.2 Å². The predicted molar refractivity (Wildman–Crippen MR) is 129 cm³/mol. The van der Waals surface area contributed by atoms with Gasteiger partial charge in [-0.15, -0.1) is 0 Å². The van der Waals surface area contributed by atoms with Gasteiger partial charge in [-0.3, -0.25) is 14.4 Å². The van der Waals surface area contributed by atoms with E-state index >= 15 is 0 Å². The smallest absolute Gasteiger partial charge is 0.337 e. The van der Waals surface area contributed by atoms with E-state index in [2.05, 4.69) is 0 Å². The fourth-order valence-corrected chi connectivity index (χ4v) is 4.87. The first-order valence-corrected chi connectivity index (χ1v) is 12.0. The highest BCUT2D eigenvalue weighted by atomic mass is 16.5. The average Bonchev–Trinajstić information content (AvgIpc) is 3.04. The lowest BCUT2D eigenvalue weighted by molar-refractivity contribution is -0.143. The molecule has 0 bridgehead atoms. The summed E-state index contributed by atoms with van der Waals surface area (Å²) in [7, 11) is 1.29. The van der Waals surface area contributed by atoms with Crippen molar-refractivity contribution in [3.8, 4) is 5.75 Å². The fraction of sp³-hybridized carbons (Fsp3) is 0.407. The Morgan fingerprint density at radius 1 is 0.943 bits per heavy atom. The summed E-state index contributed by atoms with van der Waals surface area (Å²) in [6.07, 6.45) is 5.64. The summed E-state index contributed by atoms with van der Waals surface area (Å²) in [6, 6.07) is 14.2. The van der Waals surface area contributed by atoms with Crippen molar-refractivity contribution in [1.29, 1.82) is 0 Å². The van der Waals surface area contributed by atoms with Crippen LogP contribution in [0.1, 0.15) is 55.3 Å². The Labute approximate surface area is 204 Å². The van der Waals surface area contributed by atoms with Crippen LogP contribution >= 0.6 is 0 Å². The number of imide groups is 1. The summed E-state index contributed by atoms with van der Waals surface area (Å²) in [5, 5.41) is 0. The van der Waals surface area contributed by atoms with Crippen LogP contribution < -0.4 is 9.64 Å². The van der Waals surface area contributed by atoms with Gasteiger partial charge in [0, 0.05) is 6.04 Å². The van der Waals surface area contributed by atoms with Gasteiger partial charge in [0.05, 0.1) is 24.8 Å². The molecule has 0 spiro atoms. The first-order valence-electron chi connectivity index (χ1n) is 12.0. The van der Waals surface area contributed by atoms with Crippen LogP contribution in [0.5, 0.6) is 5.75 Å². The molecule has 0 N–H and O–H groups in total. The largest absolute Gasteiger partial charge is 0.484 e. The van der Waals surface area contributed by atoms with Crippen LogP contribution in [0, 0.1) is 0 Å². The van der Waals surface area contributed by atoms with Crippen LogP contribution in [0.4, 0.5) is 5.69 Å². The van der Waals surface area contributed by atoms with Gasteiger partial charge >= 0.3 is 5.97 Å². The van der Waals surface area contributed by atoms with Gasteiger partial charge in [-0.2, -0.15) is 0 Å². The molecule has 1 aliphatic heterocycles. The van der Waals surface area contributed by atoms with Crippen molar-refractivity contribution in [2.45, 2.75) is 57.0 Å². The zero-order valence-corrected chi connectivity index (χ0v) is 19.9. The molecule has 2 aromatic carbocycles. The molecular formula is C27H30N2O6. The van der Waals surface area contributed by atoms with Gasteiger partial charge in [0.1, 0.15) is 11.8 Å². The number of esters is 1. The minimum absolute atomic E-state index is 0.0782. The summed E-state index contributed by atoms with van der Waals surface area (Å²) in [5.74, 6) is -1.03. The molecule has 1 saturated carbocycles. The van der Waals surface area contributed by atoms with Crippen molar-refractivity contribution >= 4 is 29.4 Å². The summed E-state index contributed by atoms with van der Waals surface area (Å²) in [5.41, 5.74) is 0.684. The van der Waals surface area contributed by atoms with Gasteiger partial charge in [0.25, 0.3) is 11.8 Å². The van der Waals surface area contributed by atoms with Crippen molar-refractivity contribution in [3.63, 3.8) is 0 Å². The van der Waals surface area contributed by atoms with E-state index in [4.69, 9.17) is 9.47 Å². The highest BCUT2D eigenvalue weighted by Gasteiger charge is 2.46. The van der Waals surface area contributed by atoms with Crippen LogP contribution in [0.2, 0.25) is 0 Å². The maximum absolute atomic E-state index is 13.5. The molecule has 184 valence electrons. The molecule has 0 aromatic heterocycles. The van der Waals surface area contributed by atoms with E-state index in [1.54, 1.807) is 29.2 Å². The number of nitrogens with zero attached hydrogens (tertiary/aromatic N) is 2. The highest BCUT2D eigenvalue weighted by Crippen LogP contribution is 2.31. The lowest BCUT2D eigenvalue weighted by Crippen LogP contribution is -2.52. The number of amides is 3. The SMILES string of the molecule is COC(=O)c1ccc(N2C(=O)CC(N(C(=O)COc3ccccc3)C3CCCCCC3)C2=O)cc1. The number of methoxy groups -OCH3 is 1. The van der Waals surface area contributed by atoms with Crippen molar-refractivity contribution in [3.05, 3.63) is 60.2 Å². The molecule has 1 heterocycles. The molecule has 35 heavy (non-hydrogen) atoms. The van der Waals surface area contributed by atoms with E-state index < -0.39 is 17.9 Å². The predicted octanol–water partition coefficient (Wildman–Crippen LogP) is 3.74. The van der Waals surface area contributed by atoms with E-state index in [9.17, 15) is 19.2 Å². The lowest BCUT2D eigenvalue weighted by atomic mass is 10.0. The Morgan fingerprint density at radius 2 is 1.60 bits per heavy atom. The molecule has 2 aromatic rings. The second-order valence-corrected chi connectivity index (χ2v) is 8.87. The first kappa shape index (κ1) is 24.4. The zero-order chi connectivity index (χ0) is 24.8. The van der Waals surface area contributed by atoms with Crippen molar-refractivity contribution in [1.82, 2.24) is 4.90 Å². The van der Waals surface area contributed by atoms with Gasteiger partial charge in [0.15, 0.2) is 6.61 Å². The normalized spacial score (nSPS) is 18.8. The Morgan fingerprint density at radius 3 is 2.23 bits per heavy atom. The third-order valence-electron chi connectivity index (χ3n) is 6.62. The Bertz CT molecular complexity index is 1060. The van der Waals surface area contributed by atoms with Crippen LogP contribution in [0.15, 0.2) is 54.6 Å². The third-order valence-corrected chi connectivity index (χ3v) is 6.62. The molecule has 8 nitrogen and oxygen atoms in total. The number of anilines is 1. The maximum atomic E-state index is 13.5. The number of hydrogen-bond acceptors (Lipinski definition) is 6. The van der Waals surface area contributed by atoms with Crippen LogP contribution in [-0.4, -0.2) is 54.4 Å². The number of carbonyl (C=O) groups is 4. The summed E-state index contributed by atoms with van der Waals surface area (Å²) >= 11 is 0. The molecule has 2 fully saturated rings. The Balaban J connectivity index is 1.56. The summed E-state index contributed by atoms with van der Waals surface area (Å²) in [6.45, 7) is -0.202. The van der Waals surface area contributed by atoms with E-state index in [-0.39, 0.29) is 30.9 Å². The Hall–Kier alpha value is -3.68. The number of hydrogen-bond donors (Lipinski definition) is 0. The van der Waals surface area contributed by atoms with Gasteiger partial charge in [-0.1, -0.05) is 43.9 Å². The van der Waals surface area contributed by atoms with Crippen molar-refractivity contribution < 1.29 is 28.7 Å². The minimum atomic E-state index is -0.877. The number of rotatable bonds is 7. The average molecular weight is 479 g/mol. The lowest BCUT2D eigenvalue weighted by Gasteiger charge is -2.35. The van der Waals surface area contributed by atoms with Gasteiger partial charge in [-0.25, -0.2) is 9.69 Å². The van der Waals surface area contributed by atoms with Gasteiger partial charge in [0.2, 0.25) is 5.91 Å². The van der Waals surface area contributed by atoms with Crippen LogP contribution in [-0.2, 0) is 19.1 Å². The van der Waals surface area contributed by atoms with E-state index in [1.165, 1.54) is 19.2 Å². The zero-order valence-electron chi connectivity index (χ0n) is 19.9. The van der Waals surface area contributed by atoms with Crippen LogP contribution in [0.3, 0.4) is 0 Å². The van der Waals surface area contributed by atoms with E-state index in [0.29, 0.717) is 17.0 Å². The second kappa shape index (κ2) is 11.2. The monoisotopic (exact) mass is 478 g/mol. The summed E-state index contributed by atoms with van der Waals surface area (Å²) < 4.78 is 10.4. The van der Waals surface area contributed by atoms with Gasteiger partial charge in [-0.05, 0) is 49.2 Å². The minimum Gasteiger partial charge on any atom is -0.484 e. The molecule has 1 saturated heterocycles. The molecule has 1 aliphatic carbocycles. The van der Waals surface area contributed by atoms with E-state index in [0.717, 1.165) is 43.4 Å². The third kappa shape index (κ3) is 5.53. The van der Waals surface area contributed by atoms with Gasteiger partial charge < -0.3 is 14.4 Å². The quantitative estimate of drug-likeness (QED) is 0.342. The number of para-hydroxylation sites is 1. The molecule has 3 amide bonds. The standard InChI is InChI=1S/C27H30N2O6/c1-34-27(33)19-13-15-21(16-14-19)29-24(30)17-23(26(29)32)28(20-9-5-2-3-6-10-20)25(31)18-35-22-11-7-4-8-12-22/h4,7-8,11-16,20,23H,2-3,5-6,9-10,17-18H2,1H3. The first-order chi connectivity index (χ1) is 17.0. The van der Waals surface area contributed by atoms with Crippen molar-refractivity contribution in [2.24, 2.45) is 0 Å². The van der Waals surface area contributed by atoms with Crippen LogP contribution in [0.25, 0.3) is 0 Å². The molecule has 0 radical (unpaired) electrons. The molecule has 4 rings (SSSR count). The molecule has 1 atom stereocenters. The number of carbonyl (C=O) groups excluding carboxylic acids is 4. The maximum Gasteiger partial charge on any atom is 0.337 e.